The predicted molar refractivity (Wildman–Crippen MR) is 74.5 cm³/mol. The third-order valence-electron chi connectivity index (χ3n) is 2.86. The van der Waals surface area contributed by atoms with Crippen molar-refractivity contribution in [2.45, 2.75) is 31.5 Å². The number of nitrogens with zero attached hydrogens (tertiary/aromatic N) is 1. The standard InChI is InChI=1S/C12H19N5O5/c1-6(18)10(17-9(19)3-13)11(20)16-8(12(21)22)2-7-4-14-5-15-7/h4-6,8,10,18H,2-3,13H2,1H3,(H,14,15)(H,16,20)(H,17,19)(H,21,22)/t6-,8+,10+/m1/s1. The van der Waals surface area contributed by atoms with Gasteiger partial charge >= 0.3 is 5.97 Å². The Hall–Kier alpha value is -2.46. The van der Waals surface area contributed by atoms with Crippen LogP contribution in [0.5, 0.6) is 0 Å². The number of H-pyrrole nitrogens is 1. The van der Waals surface area contributed by atoms with E-state index in [0.717, 1.165) is 0 Å². The number of carbonyl (C=O) groups is 3. The molecular weight excluding hydrogens is 294 g/mol. The van der Waals surface area contributed by atoms with Crippen molar-refractivity contribution < 1.29 is 24.6 Å². The van der Waals surface area contributed by atoms with Crippen molar-refractivity contribution >= 4 is 17.8 Å². The van der Waals surface area contributed by atoms with E-state index >= 15 is 0 Å². The zero-order chi connectivity index (χ0) is 16.7. The highest BCUT2D eigenvalue weighted by molar-refractivity contribution is 5.91. The van der Waals surface area contributed by atoms with E-state index in [-0.39, 0.29) is 13.0 Å². The molecule has 0 bridgehead atoms. The van der Waals surface area contributed by atoms with Crippen LogP contribution in [0.2, 0.25) is 0 Å². The Morgan fingerprint density at radius 3 is 2.55 bits per heavy atom. The van der Waals surface area contributed by atoms with Gasteiger partial charge in [-0.05, 0) is 6.92 Å². The average molecular weight is 313 g/mol. The molecule has 1 rings (SSSR count). The van der Waals surface area contributed by atoms with Gasteiger partial charge in [0.25, 0.3) is 0 Å². The number of rotatable bonds is 8. The monoisotopic (exact) mass is 313 g/mol. The quantitative estimate of drug-likeness (QED) is 0.304. The molecule has 0 spiro atoms. The van der Waals surface area contributed by atoms with Crippen molar-refractivity contribution in [2.75, 3.05) is 6.54 Å². The lowest BCUT2D eigenvalue weighted by Crippen LogP contribution is -2.56. The molecule has 1 heterocycles. The number of hydrogen-bond acceptors (Lipinski definition) is 6. The highest BCUT2D eigenvalue weighted by atomic mass is 16.4. The van der Waals surface area contributed by atoms with Gasteiger partial charge in [-0.2, -0.15) is 0 Å². The number of aliphatic carboxylic acids is 1. The number of aliphatic hydroxyl groups excluding tert-OH is 1. The molecule has 10 nitrogen and oxygen atoms in total. The zero-order valence-corrected chi connectivity index (χ0v) is 11.9. The molecule has 0 aliphatic carbocycles. The number of aromatic amines is 1. The second-order valence-corrected chi connectivity index (χ2v) is 4.67. The minimum atomic E-state index is -1.29. The van der Waals surface area contributed by atoms with E-state index in [1.165, 1.54) is 19.4 Å². The number of nitrogens with one attached hydrogen (secondary N) is 3. The van der Waals surface area contributed by atoms with E-state index in [4.69, 9.17) is 10.8 Å². The van der Waals surface area contributed by atoms with Crippen LogP contribution in [0, 0.1) is 0 Å². The molecule has 0 fully saturated rings. The summed E-state index contributed by atoms with van der Waals surface area (Å²) in [7, 11) is 0. The maximum Gasteiger partial charge on any atom is 0.326 e. The highest BCUT2D eigenvalue weighted by Gasteiger charge is 2.29. The van der Waals surface area contributed by atoms with Crippen LogP contribution in [0.3, 0.4) is 0 Å². The van der Waals surface area contributed by atoms with Crippen LogP contribution in [0.4, 0.5) is 0 Å². The summed E-state index contributed by atoms with van der Waals surface area (Å²) >= 11 is 0. The van der Waals surface area contributed by atoms with Gasteiger partial charge in [0.05, 0.1) is 19.0 Å². The molecule has 10 heteroatoms. The number of amides is 2. The number of aromatic nitrogens is 2. The van der Waals surface area contributed by atoms with E-state index in [9.17, 15) is 19.5 Å². The number of nitrogens with two attached hydrogens (primary N) is 1. The topological polar surface area (TPSA) is 170 Å². The summed E-state index contributed by atoms with van der Waals surface area (Å²) in [6, 6.07) is -2.52. The first kappa shape index (κ1) is 17.6. The summed E-state index contributed by atoms with van der Waals surface area (Å²) < 4.78 is 0. The van der Waals surface area contributed by atoms with Gasteiger partial charge in [0.2, 0.25) is 11.8 Å². The lowest BCUT2D eigenvalue weighted by atomic mass is 10.1. The summed E-state index contributed by atoms with van der Waals surface area (Å²) in [6.07, 6.45) is 1.59. The van der Waals surface area contributed by atoms with E-state index in [0.29, 0.717) is 5.69 Å². The van der Waals surface area contributed by atoms with Crippen LogP contribution in [0.15, 0.2) is 12.5 Å². The fourth-order valence-corrected chi connectivity index (χ4v) is 1.72. The van der Waals surface area contributed by atoms with Gasteiger partial charge in [0.1, 0.15) is 12.1 Å². The Morgan fingerprint density at radius 1 is 1.41 bits per heavy atom. The number of imidazole rings is 1. The molecule has 7 N–H and O–H groups in total. The van der Waals surface area contributed by atoms with Gasteiger partial charge < -0.3 is 31.6 Å². The van der Waals surface area contributed by atoms with E-state index in [1.807, 2.05) is 0 Å². The Kier molecular flexibility index (Phi) is 6.47. The van der Waals surface area contributed by atoms with E-state index in [1.54, 1.807) is 0 Å². The molecule has 1 aromatic rings. The molecule has 0 saturated heterocycles. The summed E-state index contributed by atoms with van der Waals surface area (Å²) in [5, 5.41) is 23.2. The fourth-order valence-electron chi connectivity index (χ4n) is 1.72. The van der Waals surface area contributed by atoms with Gasteiger partial charge in [0.15, 0.2) is 0 Å². The molecule has 0 unspecified atom stereocenters. The predicted octanol–water partition coefficient (Wildman–Crippen LogP) is -2.65. The van der Waals surface area contributed by atoms with Crippen molar-refractivity contribution in [1.82, 2.24) is 20.6 Å². The summed E-state index contributed by atoms with van der Waals surface area (Å²) in [5.41, 5.74) is 5.65. The molecule has 0 aliphatic rings. The molecule has 0 saturated carbocycles. The maximum atomic E-state index is 12.1. The first-order valence-corrected chi connectivity index (χ1v) is 6.53. The summed E-state index contributed by atoms with van der Waals surface area (Å²) in [5.74, 6) is -2.71. The van der Waals surface area contributed by atoms with Crippen LogP contribution < -0.4 is 16.4 Å². The molecule has 0 aromatic carbocycles. The minimum absolute atomic E-state index is 0.0154. The second kappa shape index (κ2) is 8.10. The largest absolute Gasteiger partial charge is 0.480 e. The first-order valence-electron chi connectivity index (χ1n) is 6.53. The van der Waals surface area contributed by atoms with Gasteiger partial charge in [-0.15, -0.1) is 0 Å². The number of aliphatic hydroxyl groups is 1. The molecule has 22 heavy (non-hydrogen) atoms. The number of carbonyl (C=O) groups excluding carboxylic acids is 2. The molecule has 1 aromatic heterocycles. The molecule has 3 atom stereocenters. The van der Waals surface area contributed by atoms with Crippen molar-refractivity contribution in [3.8, 4) is 0 Å². The Bertz CT molecular complexity index is 516. The molecule has 122 valence electrons. The average Bonchev–Trinajstić information content (AvgIpc) is 2.95. The smallest absolute Gasteiger partial charge is 0.326 e. The van der Waals surface area contributed by atoms with Crippen LogP contribution in [0.1, 0.15) is 12.6 Å². The number of carboxylic acid groups (broad SMARTS) is 1. The molecule has 0 aliphatic heterocycles. The maximum absolute atomic E-state index is 12.1. The van der Waals surface area contributed by atoms with Gasteiger partial charge in [-0.25, -0.2) is 9.78 Å². The van der Waals surface area contributed by atoms with Crippen molar-refractivity contribution in [1.29, 1.82) is 0 Å². The fraction of sp³-hybridized carbons (Fsp3) is 0.500. The second-order valence-electron chi connectivity index (χ2n) is 4.67. The first-order chi connectivity index (χ1) is 10.3. The van der Waals surface area contributed by atoms with Gasteiger partial charge in [-0.1, -0.05) is 0 Å². The SMILES string of the molecule is C[C@@H](O)[C@H](NC(=O)CN)C(=O)N[C@@H](Cc1cnc[nH]1)C(=O)O. The van der Waals surface area contributed by atoms with E-state index in [2.05, 4.69) is 20.6 Å². The number of carboxylic acids is 1. The lowest BCUT2D eigenvalue weighted by Gasteiger charge is -2.23. The minimum Gasteiger partial charge on any atom is -0.480 e. The summed E-state index contributed by atoms with van der Waals surface area (Å²) in [4.78, 5) is 41.0. The van der Waals surface area contributed by atoms with Gasteiger partial charge in [-0.3, -0.25) is 9.59 Å². The summed E-state index contributed by atoms with van der Waals surface area (Å²) in [6.45, 7) is 0.943. The molecule has 0 radical (unpaired) electrons. The lowest BCUT2D eigenvalue weighted by molar-refractivity contribution is -0.142. The van der Waals surface area contributed by atoms with E-state index < -0.39 is 36.0 Å². The zero-order valence-electron chi connectivity index (χ0n) is 11.9. The van der Waals surface area contributed by atoms with Crippen molar-refractivity contribution in [3.05, 3.63) is 18.2 Å². The van der Waals surface area contributed by atoms with Crippen LogP contribution in [0.25, 0.3) is 0 Å². The van der Waals surface area contributed by atoms with Crippen molar-refractivity contribution in [2.24, 2.45) is 5.73 Å². The van der Waals surface area contributed by atoms with Crippen LogP contribution in [-0.2, 0) is 20.8 Å². The Balaban J connectivity index is 2.75. The van der Waals surface area contributed by atoms with Crippen molar-refractivity contribution in [3.63, 3.8) is 0 Å². The number of hydrogen-bond donors (Lipinski definition) is 6. The third-order valence-corrected chi connectivity index (χ3v) is 2.86. The van der Waals surface area contributed by atoms with Gasteiger partial charge in [0, 0.05) is 18.3 Å². The third kappa shape index (κ3) is 5.14. The highest BCUT2D eigenvalue weighted by Crippen LogP contribution is 2.01. The molecule has 2 amide bonds. The Labute approximate surface area is 126 Å². The Morgan fingerprint density at radius 2 is 2.09 bits per heavy atom. The van der Waals surface area contributed by atoms with Crippen LogP contribution >= 0.6 is 0 Å². The van der Waals surface area contributed by atoms with Crippen LogP contribution in [-0.4, -0.2) is 62.7 Å². The molecular formula is C12H19N5O5. The normalized spacial score (nSPS) is 14.7.